The molecule has 0 aliphatic rings. The third-order valence-electron chi connectivity index (χ3n) is 5.04. The van der Waals surface area contributed by atoms with Crippen molar-refractivity contribution < 1.29 is 0 Å². The Balaban J connectivity index is 2.11. The smallest absolute Gasteiger partial charge is 0.0623 e. The van der Waals surface area contributed by atoms with Crippen molar-refractivity contribution >= 4 is 76.6 Å². The summed E-state index contributed by atoms with van der Waals surface area (Å²) in [6, 6.07) is 37.5. The van der Waals surface area contributed by atoms with Crippen LogP contribution in [0.4, 0.5) is 0 Å². The normalized spacial score (nSPS) is 11.4. The second-order valence-corrected chi connectivity index (χ2v) is 13.2. The predicted molar refractivity (Wildman–Crippen MR) is 133 cm³/mol. The van der Waals surface area contributed by atoms with E-state index in [1.807, 2.05) is 0 Å². The van der Waals surface area contributed by atoms with E-state index in [9.17, 15) is 0 Å². The van der Waals surface area contributed by atoms with Crippen molar-refractivity contribution in [3.8, 4) is 0 Å². The first kappa shape index (κ1) is 19.8. The average Bonchev–Trinajstić information content (AvgIpc) is 2.73. The first-order chi connectivity index (χ1) is 13.6. The molecule has 0 aromatic heterocycles. The van der Waals surface area contributed by atoms with Gasteiger partial charge in [0.1, 0.15) is 0 Å². The summed E-state index contributed by atoms with van der Waals surface area (Å²) in [7, 11) is -2.43. The van der Waals surface area contributed by atoms with Crippen molar-refractivity contribution in [3.05, 3.63) is 117 Å². The summed E-state index contributed by atoms with van der Waals surface area (Å²) in [6.07, 6.45) is 0. The molecule has 0 saturated carbocycles. The molecule has 0 fully saturated rings. The SMILES string of the molecule is Brc1ccc([Si](c2ccccc2)(c2ccc(Br)cc2)c2ccc(Br)cc2)cc1. The minimum Gasteiger partial charge on any atom is -0.0623 e. The van der Waals surface area contributed by atoms with Gasteiger partial charge in [-0.25, -0.2) is 0 Å². The van der Waals surface area contributed by atoms with Crippen LogP contribution in [0.2, 0.25) is 0 Å². The zero-order valence-electron chi connectivity index (χ0n) is 14.9. The van der Waals surface area contributed by atoms with Gasteiger partial charge in [-0.15, -0.1) is 0 Å². The van der Waals surface area contributed by atoms with E-state index in [1.54, 1.807) is 0 Å². The monoisotopic (exact) mass is 570 g/mol. The van der Waals surface area contributed by atoms with E-state index in [4.69, 9.17) is 0 Å². The lowest BCUT2D eigenvalue weighted by atomic mass is 10.3. The largest absolute Gasteiger partial charge is 0.179 e. The van der Waals surface area contributed by atoms with Crippen molar-refractivity contribution in [2.24, 2.45) is 0 Å². The fourth-order valence-corrected chi connectivity index (χ4v) is 9.27. The van der Waals surface area contributed by atoms with Crippen LogP contribution < -0.4 is 20.7 Å². The fourth-order valence-electron chi connectivity index (χ4n) is 3.79. The molecule has 0 aliphatic carbocycles. The van der Waals surface area contributed by atoms with E-state index >= 15 is 0 Å². The third kappa shape index (κ3) is 3.71. The number of rotatable bonds is 4. The van der Waals surface area contributed by atoms with Gasteiger partial charge in [-0.05, 0) is 57.1 Å². The summed E-state index contributed by atoms with van der Waals surface area (Å²) in [5.41, 5.74) is 0. The summed E-state index contributed by atoms with van der Waals surface area (Å²) in [5, 5.41) is 5.48. The average molecular weight is 573 g/mol. The fraction of sp³-hybridized carbons (Fsp3) is 0. The number of benzene rings is 4. The molecule has 0 spiro atoms. The molecule has 28 heavy (non-hydrogen) atoms. The molecule has 0 bridgehead atoms. The summed E-state index contributed by atoms with van der Waals surface area (Å²) < 4.78 is 3.29. The van der Waals surface area contributed by atoms with Crippen LogP contribution in [0.25, 0.3) is 0 Å². The lowest BCUT2D eigenvalue weighted by Gasteiger charge is -2.34. The van der Waals surface area contributed by atoms with Crippen molar-refractivity contribution in [2.75, 3.05) is 0 Å². The Morgan fingerprint density at radius 1 is 0.357 bits per heavy atom. The van der Waals surface area contributed by atoms with Gasteiger partial charge in [0.25, 0.3) is 0 Å². The molecule has 138 valence electrons. The Hall–Kier alpha value is -1.46. The van der Waals surface area contributed by atoms with Crippen LogP contribution in [0.3, 0.4) is 0 Å². The van der Waals surface area contributed by atoms with Crippen LogP contribution >= 0.6 is 47.8 Å². The second kappa shape index (κ2) is 8.50. The zero-order chi connectivity index (χ0) is 19.6. The topological polar surface area (TPSA) is 0 Å². The lowest BCUT2D eigenvalue weighted by Crippen LogP contribution is -2.74. The molecule has 4 rings (SSSR count). The minimum atomic E-state index is -2.43. The summed E-state index contributed by atoms with van der Waals surface area (Å²) >= 11 is 10.8. The first-order valence-corrected chi connectivity index (χ1v) is 13.3. The molecular formula is C24H17Br3Si. The molecule has 4 heteroatoms. The van der Waals surface area contributed by atoms with Crippen molar-refractivity contribution in [1.29, 1.82) is 0 Å². The van der Waals surface area contributed by atoms with Crippen LogP contribution in [0.1, 0.15) is 0 Å². The molecule has 0 amide bonds. The molecule has 0 unspecified atom stereocenters. The van der Waals surface area contributed by atoms with Gasteiger partial charge in [0.15, 0.2) is 8.07 Å². The van der Waals surface area contributed by atoms with Crippen molar-refractivity contribution in [2.45, 2.75) is 0 Å². The molecule has 0 saturated heterocycles. The maximum absolute atomic E-state index is 3.60. The number of halogens is 3. The van der Waals surface area contributed by atoms with Gasteiger partial charge in [-0.3, -0.25) is 0 Å². The highest BCUT2D eigenvalue weighted by molar-refractivity contribution is 9.11. The molecule has 4 aromatic carbocycles. The quantitative estimate of drug-likeness (QED) is 0.228. The molecule has 4 aromatic rings. The number of hydrogen-bond acceptors (Lipinski definition) is 0. The van der Waals surface area contributed by atoms with Gasteiger partial charge in [0.2, 0.25) is 0 Å². The first-order valence-electron chi connectivity index (χ1n) is 8.94. The highest BCUT2D eigenvalue weighted by Gasteiger charge is 2.41. The third-order valence-corrected chi connectivity index (χ3v) is 11.4. The van der Waals surface area contributed by atoms with Gasteiger partial charge < -0.3 is 0 Å². The standard InChI is InChI=1S/C24H17Br3Si/c25-18-6-12-22(13-7-18)28(21-4-2-1-3-5-21,23-14-8-19(26)9-15-23)24-16-10-20(27)11-17-24/h1-17H. The zero-order valence-corrected chi connectivity index (χ0v) is 20.7. The Morgan fingerprint density at radius 3 is 0.964 bits per heavy atom. The molecule has 0 aliphatic heterocycles. The Bertz CT molecular complexity index is 947. The highest BCUT2D eigenvalue weighted by atomic mass is 79.9. The maximum atomic E-state index is 3.60. The van der Waals surface area contributed by atoms with Crippen LogP contribution in [-0.2, 0) is 0 Å². The molecular weight excluding hydrogens is 556 g/mol. The van der Waals surface area contributed by atoms with E-state index in [1.165, 1.54) is 20.7 Å². The molecule has 0 atom stereocenters. The van der Waals surface area contributed by atoms with Crippen molar-refractivity contribution in [3.63, 3.8) is 0 Å². The van der Waals surface area contributed by atoms with Gasteiger partial charge in [-0.2, -0.15) is 0 Å². The van der Waals surface area contributed by atoms with Gasteiger partial charge in [0.05, 0.1) is 0 Å². The van der Waals surface area contributed by atoms with Crippen LogP contribution in [0.5, 0.6) is 0 Å². The minimum absolute atomic E-state index is 1.10. The summed E-state index contributed by atoms with van der Waals surface area (Å²) in [6.45, 7) is 0. The Kier molecular flexibility index (Phi) is 6.02. The van der Waals surface area contributed by atoms with E-state index < -0.39 is 8.07 Å². The molecule has 0 nitrogen and oxygen atoms in total. The van der Waals surface area contributed by atoms with Crippen molar-refractivity contribution in [1.82, 2.24) is 0 Å². The van der Waals surface area contributed by atoms with E-state index in [-0.39, 0.29) is 0 Å². The van der Waals surface area contributed by atoms with Crippen LogP contribution in [0.15, 0.2) is 117 Å². The molecule has 0 radical (unpaired) electrons. The van der Waals surface area contributed by atoms with E-state index in [2.05, 4.69) is 151 Å². The van der Waals surface area contributed by atoms with Crippen LogP contribution in [0, 0.1) is 0 Å². The summed E-state index contributed by atoms with van der Waals surface area (Å²) in [5.74, 6) is 0. The lowest BCUT2D eigenvalue weighted by molar-refractivity contribution is 1.62. The van der Waals surface area contributed by atoms with Gasteiger partial charge >= 0.3 is 0 Å². The van der Waals surface area contributed by atoms with Crippen LogP contribution in [-0.4, -0.2) is 8.07 Å². The second-order valence-electron chi connectivity index (χ2n) is 6.64. The Morgan fingerprint density at radius 2 is 0.643 bits per heavy atom. The molecule has 0 heterocycles. The van der Waals surface area contributed by atoms with Gasteiger partial charge in [-0.1, -0.05) is 115 Å². The number of hydrogen-bond donors (Lipinski definition) is 0. The molecule has 0 N–H and O–H groups in total. The van der Waals surface area contributed by atoms with E-state index in [0.29, 0.717) is 0 Å². The Labute approximate surface area is 192 Å². The maximum Gasteiger partial charge on any atom is 0.179 e. The van der Waals surface area contributed by atoms with E-state index in [0.717, 1.165) is 13.4 Å². The highest BCUT2D eigenvalue weighted by Crippen LogP contribution is 2.16. The van der Waals surface area contributed by atoms with Gasteiger partial charge in [0, 0.05) is 13.4 Å². The predicted octanol–water partition coefficient (Wildman–Crippen LogP) is 5.35. The summed E-state index contributed by atoms with van der Waals surface area (Å²) in [4.78, 5) is 0.